The van der Waals surface area contributed by atoms with Gasteiger partial charge in [0.15, 0.2) is 0 Å². The van der Waals surface area contributed by atoms with Crippen molar-refractivity contribution in [2.75, 3.05) is 0 Å². The Labute approximate surface area is 123 Å². The molecule has 1 aliphatic carbocycles. The quantitative estimate of drug-likeness (QED) is 0.550. The molecular formula is C19H27N. The third-order valence-corrected chi connectivity index (χ3v) is 3.93. The van der Waals surface area contributed by atoms with Gasteiger partial charge in [-0.15, -0.1) is 0 Å². The van der Waals surface area contributed by atoms with E-state index in [2.05, 4.69) is 48.5 Å². The van der Waals surface area contributed by atoms with Crippen molar-refractivity contribution in [1.82, 2.24) is 4.98 Å². The van der Waals surface area contributed by atoms with Crippen LogP contribution in [0.2, 0.25) is 0 Å². The van der Waals surface area contributed by atoms with Gasteiger partial charge in [-0.1, -0.05) is 63.3 Å². The summed E-state index contributed by atoms with van der Waals surface area (Å²) in [6, 6.07) is 4.42. The SMILES string of the molecule is CCCCCCCCc1ccc(C2=CCCC=C2)nc1. The summed E-state index contributed by atoms with van der Waals surface area (Å²) in [5.41, 5.74) is 3.78. The summed E-state index contributed by atoms with van der Waals surface area (Å²) in [4.78, 5) is 4.61. The fourth-order valence-electron chi connectivity index (χ4n) is 2.66. The van der Waals surface area contributed by atoms with E-state index in [0.717, 1.165) is 12.1 Å². The molecule has 0 spiro atoms. The first kappa shape index (κ1) is 15.0. The van der Waals surface area contributed by atoms with Gasteiger partial charge in [0.25, 0.3) is 0 Å². The van der Waals surface area contributed by atoms with Crippen molar-refractivity contribution in [2.24, 2.45) is 0 Å². The summed E-state index contributed by atoms with van der Waals surface area (Å²) in [6.45, 7) is 2.27. The van der Waals surface area contributed by atoms with Crippen LogP contribution >= 0.6 is 0 Å². The first-order valence-electron chi connectivity index (χ1n) is 8.22. The minimum absolute atomic E-state index is 1.12. The van der Waals surface area contributed by atoms with E-state index in [1.165, 1.54) is 62.5 Å². The zero-order chi connectivity index (χ0) is 14.0. The normalized spacial score (nSPS) is 14.3. The van der Waals surface area contributed by atoms with E-state index >= 15 is 0 Å². The maximum Gasteiger partial charge on any atom is 0.0698 e. The van der Waals surface area contributed by atoms with Crippen LogP contribution in [0, 0.1) is 0 Å². The lowest BCUT2D eigenvalue weighted by Gasteiger charge is -2.07. The van der Waals surface area contributed by atoms with Gasteiger partial charge in [0.1, 0.15) is 0 Å². The second-order valence-electron chi connectivity index (χ2n) is 5.71. The van der Waals surface area contributed by atoms with Crippen LogP contribution in [-0.2, 0) is 6.42 Å². The van der Waals surface area contributed by atoms with Crippen molar-refractivity contribution in [3.63, 3.8) is 0 Å². The van der Waals surface area contributed by atoms with Crippen LogP contribution in [0.1, 0.15) is 69.5 Å². The second kappa shape index (κ2) is 8.73. The van der Waals surface area contributed by atoms with Gasteiger partial charge in [-0.2, -0.15) is 0 Å². The predicted octanol–water partition coefficient (Wildman–Crippen LogP) is 5.72. The maximum absolute atomic E-state index is 4.61. The number of hydrogen-bond donors (Lipinski definition) is 0. The van der Waals surface area contributed by atoms with Gasteiger partial charge in [0, 0.05) is 6.20 Å². The largest absolute Gasteiger partial charge is 0.256 e. The van der Waals surface area contributed by atoms with Crippen molar-refractivity contribution in [3.05, 3.63) is 47.8 Å². The van der Waals surface area contributed by atoms with E-state index < -0.39 is 0 Å². The highest BCUT2D eigenvalue weighted by Gasteiger charge is 2.02. The molecule has 1 aromatic heterocycles. The van der Waals surface area contributed by atoms with Crippen LogP contribution < -0.4 is 0 Å². The van der Waals surface area contributed by atoms with E-state index in [1.807, 2.05) is 0 Å². The third kappa shape index (κ3) is 4.96. The molecule has 20 heavy (non-hydrogen) atoms. The molecule has 0 N–H and O–H groups in total. The average molecular weight is 269 g/mol. The molecule has 0 radical (unpaired) electrons. The molecule has 0 bridgehead atoms. The Hall–Kier alpha value is -1.37. The minimum Gasteiger partial charge on any atom is -0.256 e. The molecule has 0 saturated heterocycles. The molecule has 2 rings (SSSR count). The summed E-state index contributed by atoms with van der Waals surface area (Å²) >= 11 is 0. The lowest BCUT2D eigenvalue weighted by molar-refractivity contribution is 0.607. The Bertz CT molecular complexity index is 439. The summed E-state index contributed by atoms with van der Waals surface area (Å²) in [5.74, 6) is 0. The second-order valence-corrected chi connectivity index (χ2v) is 5.71. The summed E-state index contributed by atoms with van der Waals surface area (Å²) in [6.07, 6.45) is 20.4. The fourth-order valence-corrected chi connectivity index (χ4v) is 2.66. The highest BCUT2D eigenvalue weighted by molar-refractivity contribution is 5.72. The van der Waals surface area contributed by atoms with Crippen LogP contribution in [0.4, 0.5) is 0 Å². The van der Waals surface area contributed by atoms with E-state index in [4.69, 9.17) is 0 Å². The standard InChI is InChI=1S/C19H27N/c1-2-3-4-5-6-8-11-17-14-15-19(20-16-17)18-12-9-7-10-13-18/h9,12-16H,2-8,10-11H2,1H3. The number of hydrogen-bond acceptors (Lipinski definition) is 1. The molecule has 1 heterocycles. The van der Waals surface area contributed by atoms with Crippen LogP contribution in [0.5, 0.6) is 0 Å². The average Bonchev–Trinajstić information content (AvgIpc) is 2.52. The molecule has 0 aliphatic heterocycles. The van der Waals surface area contributed by atoms with E-state index in [9.17, 15) is 0 Å². The predicted molar refractivity (Wildman–Crippen MR) is 87.7 cm³/mol. The van der Waals surface area contributed by atoms with Gasteiger partial charge in [-0.25, -0.2) is 0 Å². The highest BCUT2D eigenvalue weighted by Crippen LogP contribution is 2.20. The van der Waals surface area contributed by atoms with Gasteiger partial charge in [0.2, 0.25) is 0 Å². The fraction of sp³-hybridized carbons (Fsp3) is 0.526. The number of rotatable bonds is 8. The molecule has 1 aromatic rings. The zero-order valence-corrected chi connectivity index (χ0v) is 12.8. The van der Waals surface area contributed by atoms with Crippen LogP contribution in [0.15, 0.2) is 36.6 Å². The number of unbranched alkanes of at least 4 members (excludes halogenated alkanes) is 5. The summed E-state index contributed by atoms with van der Waals surface area (Å²) in [5, 5.41) is 0. The van der Waals surface area contributed by atoms with E-state index in [-0.39, 0.29) is 0 Å². The molecule has 0 saturated carbocycles. The first-order valence-corrected chi connectivity index (χ1v) is 8.22. The zero-order valence-electron chi connectivity index (χ0n) is 12.8. The minimum atomic E-state index is 1.12. The Morgan fingerprint density at radius 1 is 1.00 bits per heavy atom. The van der Waals surface area contributed by atoms with E-state index in [1.54, 1.807) is 0 Å². The number of aryl methyl sites for hydroxylation is 1. The topological polar surface area (TPSA) is 12.9 Å². The van der Waals surface area contributed by atoms with Gasteiger partial charge in [-0.3, -0.25) is 4.98 Å². The molecule has 0 unspecified atom stereocenters. The highest BCUT2D eigenvalue weighted by atomic mass is 14.7. The molecule has 0 amide bonds. The van der Waals surface area contributed by atoms with Crippen LogP contribution in [-0.4, -0.2) is 4.98 Å². The Balaban J connectivity index is 1.74. The molecule has 0 fully saturated rings. The van der Waals surface area contributed by atoms with Gasteiger partial charge < -0.3 is 0 Å². The Morgan fingerprint density at radius 2 is 1.85 bits per heavy atom. The summed E-state index contributed by atoms with van der Waals surface area (Å²) in [7, 11) is 0. The van der Waals surface area contributed by atoms with Crippen molar-refractivity contribution in [1.29, 1.82) is 0 Å². The van der Waals surface area contributed by atoms with Gasteiger partial charge in [-0.05, 0) is 42.9 Å². The lowest BCUT2D eigenvalue weighted by atomic mass is 10.0. The van der Waals surface area contributed by atoms with Gasteiger partial charge >= 0.3 is 0 Å². The third-order valence-electron chi connectivity index (χ3n) is 3.93. The Kier molecular flexibility index (Phi) is 6.56. The molecular weight excluding hydrogens is 242 g/mol. The maximum atomic E-state index is 4.61. The van der Waals surface area contributed by atoms with Gasteiger partial charge in [0.05, 0.1) is 5.69 Å². The van der Waals surface area contributed by atoms with Crippen molar-refractivity contribution < 1.29 is 0 Å². The molecule has 1 nitrogen and oxygen atoms in total. The number of nitrogens with zero attached hydrogens (tertiary/aromatic N) is 1. The number of pyridine rings is 1. The molecule has 0 atom stereocenters. The monoisotopic (exact) mass is 269 g/mol. The van der Waals surface area contributed by atoms with E-state index in [0.29, 0.717) is 0 Å². The van der Waals surface area contributed by atoms with Crippen LogP contribution in [0.3, 0.4) is 0 Å². The number of allylic oxidation sites excluding steroid dienone is 4. The smallest absolute Gasteiger partial charge is 0.0698 e. The first-order chi connectivity index (χ1) is 9.90. The number of aromatic nitrogens is 1. The molecule has 0 aromatic carbocycles. The molecule has 108 valence electrons. The van der Waals surface area contributed by atoms with Crippen molar-refractivity contribution >= 4 is 5.57 Å². The molecule has 1 aliphatic rings. The summed E-state index contributed by atoms with van der Waals surface area (Å²) < 4.78 is 0. The molecule has 1 heteroatoms. The Morgan fingerprint density at radius 3 is 2.55 bits per heavy atom. The van der Waals surface area contributed by atoms with Crippen molar-refractivity contribution in [2.45, 2.75) is 64.7 Å². The van der Waals surface area contributed by atoms with Crippen molar-refractivity contribution in [3.8, 4) is 0 Å². The lowest BCUT2D eigenvalue weighted by Crippen LogP contribution is -1.93. The van der Waals surface area contributed by atoms with Crippen LogP contribution in [0.25, 0.3) is 5.57 Å².